The van der Waals surface area contributed by atoms with Crippen molar-refractivity contribution in [3.05, 3.63) is 53.2 Å². The van der Waals surface area contributed by atoms with Gasteiger partial charge in [-0.05, 0) is 59.1 Å². The molecule has 0 saturated heterocycles. The highest BCUT2D eigenvalue weighted by Gasteiger charge is 2.28. The van der Waals surface area contributed by atoms with Gasteiger partial charge in [-0.15, -0.1) is 0 Å². The van der Waals surface area contributed by atoms with Crippen molar-refractivity contribution < 1.29 is 9.90 Å². The molecule has 156 valence electrons. The van der Waals surface area contributed by atoms with Crippen molar-refractivity contribution in [3.63, 3.8) is 0 Å². The number of anilines is 2. The Morgan fingerprint density at radius 2 is 1.52 bits per heavy atom. The van der Waals surface area contributed by atoms with Crippen LogP contribution in [0.5, 0.6) is 0 Å². The number of hydrogen-bond donors (Lipinski definition) is 1. The molecule has 0 aliphatic heterocycles. The van der Waals surface area contributed by atoms with Crippen molar-refractivity contribution in [1.29, 1.82) is 0 Å². The molecule has 1 aliphatic carbocycles. The number of benzene rings is 1. The van der Waals surface area contributed by atoms with E-state index >= 15 is 0 Å². The summed E-state index contributed by atoms with van der Waals surface area (Å²) in [6.45, 7) is 13.5. The number of rotatable bonds is 4. The van der Waals surface area contributed by atoms with Crippen LogP contribution in [-0.2, 0) is 10.8 Å². The molecular formula is C25H34N2O2. The molecule has 1 saturated carbocycles. The molecular weight excluding hydrogens is 360 g/mol. The van der Waals surface area contributed by atoms with Gasteiger partial charge in [0, 0.05) is 17.9 Å². The Morgan fingerprint density at radius 1 is 0.966 bits per heavy atom. The lowest BCUT2D eigenvalue weighted by Crippen LogP contribution is -2.30. The Labute approximate surface area is 175 Å². The molecule has 0 bridgehead atoms. The van der Waals surface area contributed by atoms with E-state index in [2.05, 4.69) is 69.6 Å². The molecule has 0 unspecified atom stereocenters. The van der Waals surface area contributed by atoms with Crippen LogP contribution >= 0.6 is 0 Å². The average Bonchev–Trinajstić information content (AvgIpc) is 3.15. The molecule has 1 N–H and O–H groups in total. The standard InChI is InChI=1S/C25H34N2O2/c1-24(2,3)18-13-19(25(4,5)6)15-21(14-18)27(20-9-7-8-10-20)22-12-11-17(16-26-22)23(28)29/h11-16,20H,7-10H2,1-6H3,(H,28,29). The number of carbonyl (C=O) groups is 1. The summed E-state index contributed by atoms with van der Waals surface area (Å²) in [5.74, 6) is -0.117. The summed E-state index contributed by atoms with van der Waals surface area (Å²) in [6.07, 6.45) is 6.18. The van der Waals surface area contributed by atoms with Gasteiger partial charge in [0.05, 0.1) is 5.56 Å². The molecule has 1 aromatic carbocycles. The Morgan fingerprint density at radius 3 is 1.93 bits per heavy atom. The zero-order valence-electron chi connectivity index (χ0n) is 18.6. The first-order chi connectivity index (χ1) is 13.5. The molecule has 2 aromatic rings. The van der Waals surface area contributed by atoms with Gasteiger partial charge >= 0.3 is 5.97 Å². The van der Waals surface area contributed by atoms with Crippen LogP contribution in [0, 0.1) is 0 Å². The highest BCUT2D eigenvalue weighted by molar-refractivity contribution is 5.87. The van der Waals surface area contributed by atoms with Gasteiger partial charge in [-0.1, -0.05) is 60.5 Å². The van der Waals surface area contributed by atoms with Crippen LogP contribution in [0.4, 0.5) is 11.5 Å². The van der Waals surface area contributed by atoms with Gasteiger partial charge in [-0.3, -0.25) is 0 Å². The SMILES string of the molecule is CC(C)(C)c1cc(N(c2ccc(C(=O)O)cn2)C2CCCC2)cc(C(C)(C)C)c1. The minimum Gasteiger partial charge on any atom is -0.478 e. The predicted octanol–water partition coefficient (Wildman–Crippen LogP) is 6.46. The summed E-state index contributed by atoms with van der Waals surface area (Å²) in [5.41, 5.74) is 4.08. The maximum absolute atomic E-state index is 11.3. The maximum Gasteiger partial charge on any atom is 0.337 e. The number of aromatic nitrogens is 1. The molecule has 1 fully saturated rings. The largest absolute Gasteiger partial charge is 0.478 e. The minimum absolute atomic E-state index is 0.0396. The van der Waals surface area contributed by atoms with Gasteiger partial charge in [0.2, 0.25) is 0 Å². The highest BCUT2D eigenvalue weighted by Crippen LogP contribution is 2.39. The Bertz CT molecular complexity index is 835. The van der Waals surface area contributed by atoms with E-state index in [9.17, 15) is 9.90 Å². The van der Waals surface area contributed by atoms with E-state index in [-0.39, 0.29) is 16.4 Å². The molecule has 1 aliphatic rings. The molecule has 3 rings (SSSR count). The Kier molecular flexibility index (Phi) is 5.75. The molecule has 29 heavy (non-hydrogen) atoms. The van der Waals surface area contributed by atoms with Crippen LogP contribution in [0.25, 0.3) is 0 Å². The van der Waals surface area contributed by atoms with E-state index in [4.69, 9.17) is 0 Å². The Hall–Kier alpha value is -2.36. The third-order valence-corrected chi connectivity index (χ3v) is 5.86. The number of carboxylic acid groups (broad SMARTS) is 1. The van der Waals surface area contributed by atoms with Crippen LogP contribution in [0.15, 0.2) is 36.5 Å². The fourth-order valence-electron chi connectivity index (χ4n) is 3.96. The van der Waals surface area contributed by atoms with Gasteiger partial charge < -0.3 is 10.0 Å². The summed E-state index contributed by atoms with van der Waals surface area (Å²) in [7, 11) is 0. The first-order valence-corrected chi connectivity index (χ1v) is 10.6. The molecule has 4 nitrogen and oxygen atoms in total. The number of hydrogen-bond acceptors (Lipinski definition) is 3. The van der Waals surface area contributed by atoms with Gasteiger partial charge in [-0.2, -0.15) is 0 Å². The van der Waals surface area contributed by atoms with Crippen LogP contribution in [-0.4, -0.2) is 22.1 Å². The monoisotopic (exact) mass is 394 g/mol. The van der Waals surface area contributed by atoms with Gasteiger partial charge in [0.25, 0.3) is 0 Å². The molecule has 0 spiro atoms. The van der Waals surface area contributed by atoms with Crippen LogP contribution in [0.2, 0.25) is 0 Å². The van der Waals surface area contributed by atoms with Crippen molar-refractivity contribution in [2.75, 3.05) is 4.90 Å². The fraction of sp³-hybridized carbons (Fsp3) is 0.520. The summed E-state index contributed by atoms with van der Waals surface area (Å²) >= 11 is 0. The van der Waals surface area contributed by atoms with E-state index < -0.39 is 5.97 Å². The molecule has 4 heteroatoms. The van der Waals surface area contributed by atoms with Crippen LogP contribution < -0.4 is 4.90 Å². The van der Waals surface area contributed by atoms with E-state index in [0.717, 1.165) is 24.3 Å². The molecule has 0 atom stereocenters. The quantitative estimate of drug-likeness (QED) is 0.647. The molecule has 0 amide bonds. The second kappa shape index (κ2) is 7.81. The Balaban J connectivity index is 2.16. The van der Waals surface area contributed by atoms with Crippen molar-refractivity contribution in [2.24, 2.45) is 0 Å². The smallest absolute Gasteiger partial charge is 0.337 e. The van der Waals surface area contributed by atoms with Gasteiger partial charge in [0.15, 0.2) is 0 Å². The zero-order chi connectivity index (χ0) is 21.4. The minimum atomic E-state index is -0.943. The van der Waals surface area contributed by atoms with Crippen LogP contribution in [0.3, 0.4) is 0 Å². The highest BCUT2D eigenvalue weighted by atomic mass is 16.4. The normalized spacial score (nSPS) is 15.5. The third kappa shape index (κ3) is 4.80. The topological polar surface area (TPSA) is 53.4 Å². The lowest BCUT2D eigenvalue weighted by Gasteiger charge is -2.34. The number of nitrogens with zero attached hydrogens (tertiary/aromatic N) is 2. The average molecular weight is 395 g/mol. The van der Waals surface area contributed by atoms with E-state index in [1.165, 1.54) is 30.2 Å². The maximum atomic E-state index is 11.3. The van der Waals surface area contributed by atoms with Gasteiger partial charge in [0.1, 0.15) is 5.82 Å². The number of aromatic carboxylic acids is 1. The summed E-state index contributed by atoms with van der Waals surface area (Å²) in [4.78, 5) is 18.2. The third-order valence-electron chi connectivity index (χ3n) is 5.86. The van der Waals surface area contributed by atoms with Crippen molar-refractivity contribution >= 4 is 17.5 Å². The number of pyridine rings is 1. The summed E-state index contributed by atoms with van der Waals surface area (Å²) in [6, 6.07) is 10.8. The molecule has 1 heterocycles. The van der Waals surface area contributed by atoms with E-state index in [0.29, 0.717) is 6.04 Å². The summed E-state index contributed by atoms with van der Waals surface area (Å²) < 4.78 is 0. The lowest BCUT2D eigenvalue weighted by atomic mass is 9.80. The van der Waals surface area contributed by atoms with E-state index in [1.807, 2.05) is 6.07 Å². The number of carboxylic acids is 1. The second-order valence-electron chi connectivity index (χ2n) is 10.3. The van der Waals surface area contributed by atoms with Gasteiger partial charge in [-0.25, -0.2) is 9.78 Å². The fourth-order valence-corrected chi connectivity index (χ4v) is 3.96. The van der Waals surface area contributed by atoms with E-state index in [1.54, 1.807) is 6.07 Å². The van der Waals surface area contributed by atoms with Crippen LogP contribution in [0.1, 0.15) is 88.7 Å². The second-order valence-corrected chi connectivity index (χ2v) is 10.3. The van der Waals surface area contributed by atoms with Crippen molar-refractivity contribution in [2.45, 2.75) is 84.1 Å². The first kappa shape index (κ1) is 21.4. The summed E-state index contributed by atoms with van der Waals surface area (Å²) in [5, 5.41) is 9.24. The molecule has 1 aromatic heterocycles. The van der Waals surface area contributed by atoms with Crippen molar-refractivity contribution in [3.8, 4) is 0 Å². The lowest BCUT2D eigenvalue weighted by molar-refractivity contribution is 0.0696. The predicted molar refractivity (Wildman–Crippen MR) is 119 cm³/mol. The molecule has 0 radical (unpaired) electrons. The first-order valence-electron chi connectivity index (χ1n) is 10.6. The zero-order valence-corrected chi connectivity index (χ0v) is 18.6. The van der Waals surface area contributed by atoms with Crippen molar-refractivity contribution in [1.82, 2.24) is 4.98 Å².